The Labute approximate surface area is 223 Å². The number of nitrogens with zero attached hydrogens (tertiary/aromatic N) is 7. The van der Waals surface area contributed by atoms with Gasteiger partial charge in [0.05, 0.1) is 5.56 Å². The lowest BCUT2D eigenvalue weighted by molar-refractivity contribution is -0.662. The average molecular weight is 555 g/mol. The zero-order valence-electron chi connectivity index (χ0n) is 19.8. The van der Waals surface area contributed by atoms with E-state index < -0.39 is 29.2 Å². The van der Waals surface area contributed by atoms with E-state index in [9.17, 15) is 19.5 Å². The number of nitriles is 1. The Morgan fingerprint density at radius 2 is 2.26 bits per heavy atom. The van der Waals surface area contributed by atoms with Crippen LogP contribution in [0.25, 0.3) is 5.65 Å². The van der Waals surface area contributed by atoms with Gasteiger partial charge < -0.3 is 21.0 Å². The number of nitrogens with two attached hydrogens (primary N) is 1. The molecule has 1 saturated heterocycles. The van der Waals surface area contributed by atoms with E-state index in [1.807, 2.05) is 4.57 Å². The number of carboxylic acids is 1. The number of aromatic nitrogens is 4. The second-order valence-electron chi connectivity index (χ2n) is 8.15. The fourth-order valence-electron chi connectivity index (χ4n) is 4.17. The summed E-state index contributed by atoms with van der Waals surface area (Å²) in [6.45, 7) is 2.10. The Hall–Kier alpha value is -4.49. The van der Waals surface area contributed by atoms with Gasteiger partial charge in [-0.25, -0.2) is 13.8 Å². The fourth-order valence-corrected chi connectivity index (χ4v) is 5.94. The van der Waals surface area contributed by atoms with E-state index in [0.29, 0.717) is 16.9 Å². The Morgan fingerprint density at radius 1 is 1.45 bits per heavy atom. The summed E-state index contributed by atoms with van der Waals surface area (Å²) in [5.41, 5.74) is 7.06. The van der Waals surface area contributed by atoms with Crippen molar-refractivity contribution < 1.29 is 28.9 Å². The smallest absolute Gasteiger partial charge is 0.352 e. The van der Waals surface area contributed by atoms with E-state index in [4.69, 9.17) is 15.8 Å². The number of carboxylic acid groups (broad SMARTS) is 1. The maximum Gasteiger partial charge on any atom is 0.352 e. The molecule has 0 bridgehead atoms. The van der Waals surface area contributed by atoms with Gasteiger partial charge in [0.15, 0.2) is 5.13 Å². The molecule has 3 aromatic rings. The number of carbonyl (C=O) groups excluding carboxylic acids is 2. The summed E-state index contributed by atoms with van der Waals surface area (Å²) in [7, 11) is 0. The molecule has 0 aliphatic carbocycles. The van der Waals surface area contributed by atoms with E-state index in [-0.39, 0.29) is 35.5 Å². The van der Waals surface area contributed by atoms with Crippen LogP contribution in [-0.2, 0) is 25.8 Å². The number of hydrogen-bond acceptors (Lipinski definition) is 11. The van der Waals surface area contributed by atoms with Crippen molar-refractivity contribution in [2.45, 2.75) is 24.9 Å². The number of oxime groups is 1. The minimum Gasteiger partial charge on any atom is -0.477 e. The van der Waals surface area contributed by atoms with Gasteiger partial charge in [-0.3, -0.25) is 14.5 Å². The number of aliphatic carboxylic acids is 1. The van der Waals surface area contributed by atoms with Gasteiger partial charge in [-0.05, 0) is 13.0 Å². The molecular formula is C22H20N9O5S2+. The number of fused-ring (bicyclic) bond motifs is 2. The van der Waals surface area contributed by atoms with Crippen LogP contribution >= 0.6 is 23.3 Å². The summed E-state index contributed by atoms with van der Waals surface area (Å²) in [6.07, 6.45) is 5.22. The van der Waals surface area contributed by atoms with Crippen LogP contribution in [-0.4, -0.2) is 71.0 Å². The monoisotopic (exact) mass is 554 g/mol. The lowest BCUT2D eigenvalue weighted by Crippen LogP contribution is -2.71. The highest BCUT2D eigenvalue weighted by atomic mass is 32.2. The van der Waals surface area contributed by atoms with Gasteiger partial charge in [-0.1, -0.05) is 5.16 Å². The molecule has 14 nitrogen and oxygen atoms in total. The van der Waals surface area contributed by atoms with E-state index in [1.54, 1.807) is 42.0 Å². The highest BCUT2D eigenvalue weighted by molar-refractivity contribution is 8.00. The lowest BCUT2D eigenvalue weighted by atomic mass is 10.0. The molecule has 16 heteroatoms. The Morgan fingerprint density at radius 3 is 2.95 bits per heavy atom. The van der Waals surface area contributed by atoms with Crippen LogP contribution in [0.15, 0.2) is 47.1 Å². The second kappa shape index (κ2) is 10.1. The molecule has 0 aromatic carbocycles. The molecule has 5 rings (SSSR count). The third kappa shape index (κ3) is 4.41. The Bertz CT molecular complexity index is 1570. The second-order valence-corrected chi connectivity index (χ2v) is 10.0. The van der Waals surface area contributed by atoms with Crippen molar-refractivity contribution in [1.29, 1.82) is 5.26 Å². The van der Waals surface area contributed by atoms with Crippen LogP contribution in [0.1, 0.15) is 18.3 Å². The van der Waals surface area contributed by atoms with Gasteiger partial charge in [-0.15, -0.1) is 11.8 Å². The van der Waals surface area contributed by atoms with Crippen molar-refractivity contribution >= 4 is 57.6 Å². The molecule has 5 heterocycles. The minimum absolute atomic E-state index is 0.0366. The molecule has 0 radical (unpaired) electrons. The first-order valence-electron chi connectivity index (χ1n) is 11.2. The molecule has 2 amide bonds. The van der Waals surface area contributed by atoms with Crippen LogP contribution in [0.2, 0.25) is 0 Å². The molecular weight excluding hydrogens is 534 g/mol. The summed E-state index contributed by atoms with van der Waals surface area (Å²) in [5, 5.41) is 25.0. The van der Waals surface area contributed by atoms with Crippen molar-refractivity contribution in [3.05, 3.63) is 53.4 Å². The number of nitrogens with one attached hydrogen (secondary N) is 1. The van der Waals surface area contributed by atoms with Gasteiger partial charge in [0.2, 0.25) is 11.5 Å². The predicted molar refractivity (Wildman–Crippen MR) is 134 cm³/mol. The fraction of sp³-hybridized carbons (Fsp3) is 0.273. The summed E-state index contributed by atoms with van der Waals surface area (Å²) < 4.78 is 7.59. The number of hydrogen-bond donors (Lipinski definition) is 3. The molecule has 0 spiro atoms. The molecule has 4 N–H and O–H groups in total. The predicted octanol–water partition coefficient (Wildman–Crippen LogP) is -0.288. The van der Waals surface area contributed by atoms with Crippen molar-refractivity contribution in [3.8, 4) is 6.07 Å². The first kappa shape index (κ1) is 25.2. The van der Waals surface area contributed by atoms with Gasteiger partial charge in [0.25, 0.3) is 17.5 Å². The maximum atomic E-state index is 13.1. The van der Waals surface area contributed by atoms with Crippen LogP contribution < -0.4 is 15.6 Å². The van der Waals surface area contributed by atoms with Crippen molar-refractivity contribution in [1.82, 2.24) is 24.0 Å². The molecule has 0 saturated carbocycles. The van der Waals surface area contributed by atoms with Gasteiger partial charge >= 0.3 is 5.97 Å². The first-order valence-corrected chi connectivity index (χ1v) is 13.0. The van der Waals surface area contributed by atoms with E-state index in [2.05, 4.69) is 25.9 Å². The molecule has 2 aliphatic rings. The zero-order chi connectivity index (χ0) is 27.0. The van der Waals surface area contributed by atoms with Crippen molar-refractivity contribution in [2.24, 2.45) is 5.16 Å². The third-order valence-corrected chi connectivity index (χ3v) is 7.72. The van der Waals surface area contributed by atoms with Gasteiger partial charge in [0.1, 0.15) is 54.9 Å². The SMILES string of the molecule is CCO/N=C(\C(=O)N[C@@H]1C(=O)N2C(C(=O)O)=C(C[n+]3ccn4cc(C#N)ccc43)CS[C@@H]12)c1nsc(N)n1. The molecule has 1 fully saturated rings. The molecule has 0 unspecified atom stereocenters. The molecule has 38 heavy (non-hydrogen) atoms. The number of nitrogen functional groups attached to an aromatic ring is 1. The summed E-state index contributed by atoms with van der Waals surface area (Å²) in [6, 6.07) is 4.55. The van der Waals surface area contributed by atoms with Crippen LogP contribution in [0.5, 0.6) is 0 Å². The Kier molecular flexibility index (Phi) is 6.70. The number of anilines is 1. The Balaban J connectivity index is 1.37. The van der Waals surface area contributed by atoms with Gasteiger partial charge in [-0.2, -0.15) is 14.6 Å². The number of β-lactam (4-membered cyclic amide) rings is 1. The van der Waals surface area contributed by atoms with Crippen molar-refractivity contribution in [3.63, 3.8) is 0 Å². The lowest BCUT2D eigenvalue weighted by Gasteiger charge is -2.49. The molecule has 194 valence electrons. The van der Waals surface area contributed by atoms with Crippen LogP contribution in [0.3, 0.4) is 0 Å². The number of pyridine rings is 1. The standard InChI is InChI=1S/C22H19N9O5S2/c1-2-36-27-14(17-26-22(24)38-28-17)18(32)25-15-19(33)31-16(21(34)35)12(10-37-20(15)31)9-30-6-5-29-8-11(7-23)3-4-13(29)30/h3-6,8,15,20H,2,9-10H2,1H3,(H3-,24,25,26,28,32,34,35)/p+1/b27-14-/t15-,20+/m1/s1. The molecule has 2 aliphatic heterocycles. The van der Waals surface area contributed by atoms with E-state index >= 15 is 0 Å². The van der Waals surface area contributed by atoms with Crippen LogP contribution in [0, 0.1) is 11.3 Å². The molecule has 2 atom stereocenters. The topological polar surface area (TPSA) is 192 Å². The number of imidazole rings is 1. The largest absolute Gasteiger partial charge is 0.477 e. The summed E-state index contributed by atoms with van der Waals surface area (Å²) in [5.74, 6) is -2.25. The maximum absolute atomic E-state index is 13.1. The summed E-state index contributed by atoms with van der Waals surface area (Å²) >= 11 is 2.22. The van der Waals surface area contributed by atoms with Crippen molar-refractivity contribution in [2.75, 3.05) is 18.1 Å². The van der Waals surface area contributed by atoms with Gasteiger partial charge in [0, 0.05) is 28.9 Å². The number of carbonyl (C=O) groups is 3. The number of rotatable bonds is 8. The molecule has 3 aromatic heterocycles. The van der Waals surface area contributed by atoms with E-state index in [1.165, 1.54) is 16.7 Å². The van der Waals surface area contributed by atoms with E-state index in [0.717, 1.165) is 17.2 Å². The third-order valence-electron chi connectivity index (χ3n) is 5.84. The average Bonchev–Trinajstić information content (AvgIpc) is 3.52. The summed E-state index contributed by atoms with van der Waals surface area (Å²) in [4.78, 5) is 48.5. The zero-order valence-corrected chi connectivity index (χ0v) is 21.4. The number of thioether (sulfide) groups is 1. The van der Waals surface area contributed by atoms with Crippen LogP contribution in [0.4, 0.5) is 5.13 Å². The normalized spacial score (nSPS) is 19.1. The first-order chi connectivity index (χ1) is 18.3. The quantitative estimate of drug-likeness (QED) is 0.144. The highest BCUT2D eigenvalue weighted by Gasteiger charge is 2.54. The number of amides is 2. The minimum atomic E-state index is -1.24. The highest BCUT2D eigenvalue weighted by Crippen LogP contribution is 2.40.